The Hall–Kier alpha value is -1.69. The zero-order chi connectivity index (χ0) is 26.7. The molecule has 3 aromatic rings. The zero-order valence-corrected chi connectivity index (χ0v) is 24.5. The quantitative estimate of drug-likeness (QED) is 0.415. The zero-order valence-electron chi connectivity index (χ0n) is 21.3. The molecule has 1 aliphatic carbocycles. The average Bonchev–Trinajstić information content (AvgIpc) is 3.33. The van der Waals surface area contributed by atoms with Crippen molar-refractivity contribution in [1.29, 1.82) is 0 Å². The molecular weight excluding hydrogens is 563 g/mol. The number of piperidine rings is 1. The molecular formula is C26H30Cl2N6O2S2. The highest BCUT2D eigenvalue weighted by molar-refractivity contribution is 7.99. The standard InChI is InChI=1S/C26H30Cl2N6O2S2/c1-25(2,36)15-12-34(13-15)23-21(27)18(3-6-29-23)37-20-11-30-22(17(14-35)31-20)33-7-4-26(5-8-33)9-16-19(10-26)38-24(28)32-16/h3,6,11,15,35-36H,4-5,7-10,12-14H2,1-2H3. The topological polar surface area (TPSA) is 98.5 Å². The van der Waals surface area contributed by atoms with Gasteiger partial charge in [-0.1, -0.05) is 35.0 Å². The number of aliphatic hydroxyl groups is 2. The summed E-state index contributed by atoms with van der Waals surface area (Å²) in [5.74, 6) is 1.65. The van der Waals surface area contributed by atoms with Crippen LogP contribution in [-0.4, -0.2) is 61.9 Å². The molecule has 0 radical (unpaired) electrons. The number of pyridine rings is 1. The minimum Gasteiger partial charge on any atom is -0.390 e. The molecule has 12 heteroatoms. The van der Waals surface area contributed by atoms with Gasteiger partial charge < -0.3 is 20.0 Å². The molecule has 3 aliphatic rings. The van der Waals surface area contributed by atoms with Gasteiger partial charge in [0.15, 0.2) is 10.3 Å². The molecule has 202 valence electrons. The van der Waals surface area contributed by atoms with Crippen LogP contribution < -0.4 is 9.80 Å². The number of aromatic nitrogens is 4. The van der Waals surface area contributed by atoms with Crippen molar-refractivity contribution in [2.24, 2.45) is 11.3 Å². The predicted octanol–water partition coefficient (Wildman–Crippen LogP) is 4.87. The van der Waals surface area contributed by atoms with Crippen LogP contribution in [0.15, 0.2) is 28.4 Å². The molecule has 0 unspecified atom stereocenters. The number of hydrogen-bond acceptors (Lipinski definition) is 10. The molecule has 0 bridgehead atoms. The number of hydrogen-bond donors (Lipinski definition) is 2. The number of halogens is 2. The lowest BCUT2D eigenvalue weighted by atomic mass is 9.76. The lowest BCUT2D eigenvalue weighted by Crippen LogP contribution is -2.56. The van der Waals surface area contributed by atoms with Crippen molar-refractivity contribution in [1.82, 2.24) is 19.9 Å². The third-order valence-electron chi connectivity index (χ3n) is 8.13. The fourth-order valence-corrected chi connectivity index (χ4v) is 8.18. The van der Waals surface area contributed by atoms with Crippen molar-refractivity contribution in [3.05, 3.63) is 44.2 Å². The van der Waals surface area contributed by atoms with Gasteiger partial charge in [0.2, 0.25) is 0 Å². The summed E-state index contributed by atoms with van der Waals surface area (Å²) in [6.07, 6.45) is 7.66. The SMILES string of the molecule is CC(C)(O)C1CN(c2nccc(Sc3cnc(N4CCC5(CC4)Cc4nc(Cl)sc4C5)c(CO)n3)c2Cl)C1. The van der Waals surface area contributed by atoms with Crippen LogP contribution in [0.25, 0.3) is 0 Å². The Labute approximate surface area is 240 Å². The monoisotopic (exact) mass is 592 g/mol. The van der Waals surface area contributed by atoms with E-state index in [1.54, 1.807) is 23.7 Å². The summed E-state index contributed by atoms with van der Waals surface area (Å²) in [4.78, 5) is 25.0. The molecule has 0 aromatic carbocycles. The van der Waals surface area contributed by atoms with E-state index in [0.29, 0.717) is 39.1 Å². The van der Waals surface area contributed by atoms with Crippen molar-refractivity contribution in [2.75, 3.05) is 36.0 Å². The van der Waals surface area contributed by atoms with Gasteiger partial charge in [-0.05, 0) is 51.0 Å². The van der Waals surface area contributed by atoms with Gasteiger partial charge in [0.1, 0.15) is 16.5 Å². The second kappa shape index (κ2) is 10.1. The maximum absolute atomic E-state index is 10.2. The fraction of sp³-hybridized carbons (Fsp3) is 0.538. The molecule has 8 nitrogen and oxygen atoms in total. The van der Waals surface area contributed by atoms with Crippen molar-refractivity contribution in [2.45, 2.75) is 61.7 Å². The molecule has 6 rings (SSSR count). The summed E-state index contributed by atoms with van der Waals surface area (Å²) in [6, 6.07) is 1.87. The molecule has 2 aliphatic heterocycles. The van der Waals surface area contributed by atoms with E-state index in [2.05, 4.69) is 19.8 Å². The summed E-state index contributed by atoms with van der Waals surface area (Å²) in [7, 11) is 0. The lowest BCUT2D eigenvalue weighted by molar-refractivity contribution is 0.00438. The number of fused-ring (bicyclic) bond motifs is 1. The molecule has 0 amide bonds. The molecule has 2 saturated heterocycles. The van der Waals surface area contributed by atoms with Crippen molar-refractivity contribution >= 4 is 57.9 Å². The minimum atomic E-state index is -0.724. The molecule has 0 saturated carbocycles. The third kappa shape index (κ3) is 4.99. The van der Waals surface area contributed by atoms with Crippen LogP contribution in [0.5, 0.6) is 0 Å². The molecule has 38 heavy (non-hydrogen) atoms. The van der Waals surface area contributed by atoms with E-state index in [9.17, 15) is 10.2 Å². The summed E-state index contributed by atoms with van der Waals surface area (Å²) < 4.78 is 0.646. The van der Waals surface area contributed by atoms with Gasteiger partial charge in [-0.25, -0.2) is 19.9 Å². The second-order valence-corrected chi connectivity index (χ2v) is 14.2. The van der Waals surface area contributed by atoms with Crippen LogP contribution in [0.1, 0.15) is 43.0 Å². The fourth-order valence-electron chi connectivity index (χ4n) is 5.68. The number of rotatable bonds is 6. The average molecular weight is 594 g/mol. The van der Waals surface area contributed by atoms with E-state index in [4.69, 9.17) is 33.2 Å². The Morgan fingerprint density at radius 1 is 1.11 bits per heavy atom. The smallest absolute Gasteiger partial charge is 0.184 e. The maximum Gasteiger partial charge on any atom is 0.184 e. The Morgan fingerprint density at radius 3 is 2.55 bits per heavy atom. The van der Waals surface area contributed by atoms with E-state index in [1.165, 1.54) is 22.3 Å². The van der Waals surface area contributed by atoms with Crippen LogP contribution in [0.2, 0.25) is 9.49 Å². The van der Waals surface area contributed by atoms with Gasteiger partial charge in [-0.2, -0.15) is 0 Å². The first-order valence-electron chi connectivity index (χ1n) is 12.8. The van der Waals surface area contributed by atoms with E-state index in [1.807, 2.05) is 19.9 Å². The number of nitrogens with zero attached hydrogens (tertiary/aromatic N) is 6. The van der Waals surface area contributed by atoms with E-state index < -0.39 is 5.60 Å². The molecule has 2 fully saturated rings. The minimum absolute atomic E-state index is 0.181. The first kappa shape index (κ1) is 26.5. The highest BCUT2D eigenvalue weighted by atomic mass is 35.5. The predicted molar refractivity (Wildman–Crippen MR) is 152 cm³/mol. The van der Waals surface area contributed by atoms with Crippen LogP contribution >= 0.6 is 46.3 Å². The highest BCUT2D eigenvalue weighted by Crippen LogP contribution is 2.47. The maximum atomic E-state index is 10.2. The van der Waals surface area contributed by atoms with E-state index in [-0.39, 0.29) is 17.9 Å². The van der Waals surface area contributed by atoms with Crippen LogP contribution in [0, 0.1) is 11.3 Å². The molecule has 2 N–H and O–H groups in total. The lowest BCUT2D eigenvalue weighted by Gasteiger charge is -2.46. The summed E-state index contributed by atoms with van der Waals surface area (Å²) in [5.41, 5.74) is 1.29. The summed E-state index contributed by atoms with van der Waals surface area (Å²) in [5, 5.41) is 21.6. The van der Waals surface area contributed by atoms with Crippen molar-refractivity contribution in [3.8, 4) is 0 Å². The van der Waals surface area contributed by atoms with Crippen LogP contribution in [0.4, 0.5) is 11.6 Å². The summed E-state index contributed by atoms with van der Waals surface area (Å²) in [6.45, 7) is 6.66. The molecule has 5 heterocycles. The van der Waals surface area contributed by atoms with E-state index >= 15 is 0 Å². The number of anilines is 2. The normalized spacial score (nSPS) is 19.2. The number of aliphatic hydroxyl groups excluding tert-OH is 1. The highest BCUT2D eigenvalue weighted by Gasteiger charge is 2.42. The molecule has 0 atom stereocenters. The van der Waals surface area contributed by atoms with Crippen LogP contribution in [-0.2, 0) is 19.4 Å². The van der Waals surface area contributed by atoms with Gasteiger partial charge in [0.05, 0.1) is 29.1 Å². The Balaban J connectivity index is 1.13. The second-order valence-electron chi connectivity index (χ2n) is 11.1. The molecule has 1 spiro atoms. The van der Waals surface area contributed by atoms with Crippen LogP contribution in [0.3, 0.4) is 0 Å². The summed E-state index contributed by atoms with van der Waals surface area (Å²) >= 11 is 15.9. The first-order chi connectivity index (χ1) is 18.1. The van der Waals surface area contributed by atoms with Gasteiger partial charge in [-0.3, -0.25) is 0 Å². The van der Waals surface area contributed by atoms with Crippen molar-refractivity contribution in [3.63, 3.8) is 0 Å². The Bertz CT molecular complexity index is 1320. The van der Waals surface area contributed by atoms with Gasteiger partial charge in [-0.15, -0.1) is 11.3 Å². The third-order valence-corrected chi connectivity index (χ3v) is 10.8. The van der Waals surface area contributed by atoms with Crippen molar-refractivity contribution < 1.29 is 10.2 Å². The Morgan fingerprint density at radius 2 is 1.87 bits per heavy atom. The largest absolute Gasteiger partial charge is 0.390 e. The Kier molecular flexibility index (Phi) is 7.02. The van der Waals surface area contributed by atoms with Gasteiger partial charge in [0, 0.05) is 48.1 Å². The van der Waals surface area contributed by atoms with Gasteiger partial charge in [0.25, 0.3) is 0 Å². The van der Waals surface area contributed by atoms with E-state index in [0.717, 1.165) is 49.5 Å². The van der Waals surface area contributed by atoms with Gasteiger partial charge >= 0.3 is 0 Å². The number of thiazole rings is 1. The molecule has 3 aromatic heterocycles. The first-order valence-corrected chi connectivity index (χ1v) is 15.2.